The van der Waals surface area contributed by atoms with E-state index in [-0.39, 0.29) is 23.8 Å². The Balaban J connectivity index is 3.07. The highest BCUT2D eigenvalue weighted by atomic mass is 32.2. The van der Waals surface area contributed by atoms with Crippen molar-refractivity contribution in [3.63, 3.8) is 0 Å². The Morgan fingerprint density at radius 1 is 1.35 bits per heavy atom. The number of hydrogen-bond acceptors (Lipinski definition) is 5. The Morgan fingerprint density at radius 3 is 2.62 bits per heavy atom. The van der Waals surface area contributed by atoms with Gasteiger partial charge in [0.1, 0.15) is 11.5 Å². The summed E-state index contributed by atoms with van der Waals surface area (Å²) in [6.45, 7) is 3.45. The fraction of sp³-hybridized carbons (Fsp3) is 0.588. The average Bonchev–Trinajstić information content (AvgIpc) is 2.58. The topological polar surface area (TPSA) is 74.6 Å². The molecule has 0 fully saturated rings. The van der Waals surface area contributed by atoms with Crippen LogP contribution in [0.2, 0.25) is 0 Å². The van der Waals surface area contributed by atoms with Gasteiger partial charge in [-0.05, 0) is 25.5 Å². The maximum absolute atomic E-state index is 13.4. The molecule has 5 nitrogen and oxygen atoms in total. The molecule has 9 heteroatoms. The summed E-state index contributed by atoms with van der Waals surface area (Å²) in [7, 11) is 0. The van der Waals surface area contributed by atoms with Crippen LogP contribution in [-0.2, 0) is 20.9 Å². The maximum atomic E-state index is 13.4. The van der Waals surface area contributed by atoms with E-state index < -0.39 is 42.3 Å². The number of alkyl halides is 3. The van der Waals surface area contributed by atoms with Crippen LogP contribution in [0, 0.1) is 5.92 Å². The first-order chi connectivity index (χ1) is 12.3. The molecule has 0 aliphatic carbocycles. The van der Waals surface area contributed by atoms with E-state index in [9.17, 15) is 22.5 Å². The molecule has 146 valence electrons. The Labute approximate surface area is 154 Å². The highest BCUT2D eigenvalue weighted by Crippen LogP contribution is 2.33. The lowest BCUT2D eigenvalue weighted by Gasteiger charge is -2.20. The molecule has 2 atom stereocenters. The van der Waals surface area contributed by atoms with Crippen LogP contribution in [0.15, 0.2) is 28.8 Å². The molecule has 1 rings (SSSR count). The number of esters is 1. The van der Waals surface area contributed by atoms with Gasteiger partial charge in [-0.1, -0.05) is 23.8 Å². The molecule has 0 aliphatic rings. The average molecular weight is 392 g/mol. The van der Waals surface area contributed by atoms with Crippen molar-refractivity contribution in [2.75, 3.05) is 12.4 Å². The number of halogens is 3. The number of carbonyl (C=O) groups is 1. The van der Waals surface area contributed by atoms with Gasteiger partial charge in [0, 0.05) is 12.6 Å². The first-order valence-corrected chi connectivity index (χ1v) is 9.65. The smallest absolute Gasteiger partial charge is 0.392 e. The Morgan fingerprint density at radius 2 is 2.08 bits per heavy atom. The molecule has 0 saturated heterocycles. The molecule has 26 heavy (non-hydrogen) atoms. The lowest BCUT2D eigenvalue weighted by atomic mass is 9.96. The van der Waals surface area contributed by atoms with Crippen molar-refractivity contribution in [2.24, 2.45) is 10.3 Å². The summed E-state index contributed by atoms with van der Waals surface area (Å²) in [5.74, 6) is -2.64. The summed E-state index contributed by atoms with van der Waals surface area (Å²) in [5, 5.41) is 0. The quantitative estimate of drug-likeness (QED) is 0.344. The van der Waals surface area contributed by atoms with E-state index >= 15 is 0 Å². The molecular weight excluding hydrogens is 369 g/mol. The molecular formula is C17H23F3N2O3S. The van der Waals surface area contributed by atoms with Crippen molar-refractivity contribution in [1.29, 1.82) is 0 Å². The third-order valence-corrected chi connectivity index (χ3v) is 4.53. The van der Waals surface area contributed by atoms with E-state index in [1.807, 2.05) is 6.92 Å². The summed E-state index contributed by atoms with van der Waals surface area (Å²) in [6.07, 6.45) is -3.14. The minimum Gasteiger partial charge on any atom is -0.591 e. The van der Waals surface area contributed by atoms with E-state index in [1.54, 1.807) is 12.1 Å². The second-order valence-corrected chi connectivity index (χ2v) is 6.82. The predicted octanol–water partition coefficient (Wildman–Crippen LogP) is 3.86. The van der Waals surface area contributed by atoms with Crippen molar-refractivity contribution in [3.8, 4) is 0 Å². The van der Waals surface area contributed by atoms with Gasteiger partial charge in [0.2, 0.25) is 0 Å². The highest BCUT2D eigenvalue weighted by molar-refractivity contribution is 7.90. The predicted molar refractivity (Wildman–Crippen MR) is 94.1 cm³/mol. The lowest BCUT2D eigenvalue weighted by molar-refractivity contribution is -0.182. The van der Waals surface area contributed by atoms with E-state index in [4.69, 9.17) is 0 Å². The largest absolute Gasteiger partial charge is 0.591 e. The van der Waals surface area contributed by atoms with Crippen LogP contribution < -0.4 is 0 Å². The van der Waals surface area contributed by atoms with Crippen LogP contribution in [0.5, 0.6) is 0 Å². The third kappa shape index (κ3) is 8.18. The fourth-order valence-electron chi connectivity index (χ4n) is 2.12. The van der Waals surface area contributed by atoms with Gasteiger partial charge in [0.25, 0.3) is 0 Å². The van der Waals surface area contributed by atoms with E-state index in [1.165, 1.54) is 19.2 Å². The van der Waals surface area contributed by atoms with Gasteiger partial charge < -0.3 is 9.29 Å². The van der Waals surface area contributed by atoms with Gasteiger partial charge in [-0.25, -0.2) is 0 Å². The van der Waals surface area contributed by atoms with Crippen molar-refractivity contribution in [1.82, 2.24) is 4.98 Å². The molecule has 1 aromatic heterocycles. The van der Waals surface area contributed by atoms with Crippen molar-refractivity contribution in [3.05, 3.63) is 30.1 Å². The standard InChI is InChI=1S/C17H23F3N2O3S/c1-3-5-10-26(24)22-15(14-8-6-7-9-21-14)11-13(17(18,19)20)12-16(23)25-4-2/h6-9,13H,3-5,10-12H2,1-2H3. The number of unbranched alkanes of at least 4 members (excludes halogenated alkanes) is 1. The number of aromatic nitrogens is 1. The van der Waals surface area contributed by atoms with Gasteiger partial charge in [0.15, 0.2) is 0 Å². The lowest BCUT2D eigenvalue weighted by Crippen LogP contribution is -2.29. The minimum absolute atomic E-state index is 0.00559. The number of nitrogens with zero attached hydrogens (tertiary/aromatic N) is 2. The molecule has 0 N–H and O–H groups in total. The number of carbonyl (C=O) groups excluding carboxylic acids is 1. The molecule has 0 aliphatic heterocycles. The zero-order chi connectivity index (χ0) is 19.6. The van der Waals surface area contributed by atoms with Gasteiger partial charge in [-0.15, -0.1) is 0 Å². The Bertz CT molecular complexity index is 582. The monoisotopic (exact) mass is 392 g/mol. The van der Waals surface area contributed by atoms with Gasteiger partial charge >= 0.3 is 12.1 Å². The zero-order valence-electron chi connectivity index (χ0n) is 14.8. The minimum atomic E-state index is -4.62. The first kappa shape index (κ1) is 22.4. The number of ether oxygens (including phenoxy) is 1. The number of hydrogen-bond donors (Lipinski definition) is 0. The fourth-order valence-corrected chi connectivity index (χ4v) is 3.16. The molecule has 0 radical (unpaired) electrons. The van der Waals surface area contributed by atoms with Crippen LogP contribution in [0.1, 0.15) is 45.2 Å². The number of pyridine rings is 1. The van der Waals surface area contributed by atoms with E-state index in [0.717, 1.165) is 6.42 Å². The summed E-state index contributed by atoms with van der Waals surface area (Å²) < 4.78 is 60.8. The second-order valence-electron chi connectivity index (χ2n) is 5.58. The SMILES string of the molecule is CCCC[S+]([O-])N=C(CC(CC(=O)OCC)C(F)(F)F)c1ccccn1. The summed E-state index contributed by atoms with van der Waals surface area (Å²) in [4.78, 5) is 15.6. The highest BCUT2D eigenvalue weighted by Gasteiger charge is 2.42. The first-order valence-electron chi connectivity index (χ1n) is 8.37. The van der Waals surface area contributed by atoms with Crippen LogP contribution in [0.3, 0.4) is 0 Å². The molecule has 0 aromatic carbocycles. The van der Waals surface area contributed by atoms with Crippen molar-refractivity contribution >= 4 is 23.0 Å². The van der Waals surface area contributed by atoms with E-state index in [0.29, 0.717) is 6.42 Å². The Hall–Kier alpha value is -1.61. The molecule has 0 spiro atoms. The summed E-state index contributed by atoms with van der Waals surface area (Å²) >= 11 is -1.65. The van der Waals surface area contributed by atoms with Gasteiger partial charge in [-0.2, -0.15) is 13.2 Å². The normalized spacial score (nSPS) is 14.8. The van der Waals surface area contributed by atoms with Crippen LogP contribution >= 0.6 is 0 Å². The summed E-state index contributed by atoms with van der Waals surface area (Å²) in [6, 6.07) is 4.74. The number of rotatable bonds is 10. The summed E-state index contributed by atoms with van der Waals surface area (Å²) in [5.41, 5.74) is 0.196. The molecule has 0 amide bonds. The molecule has 1 aromatic rings. The van der Waals surface area contributed by atoms with Gasteiger partial charge in [0.05, 0.1) is 36.0 Å². The zero-order valence-corrected chi connectivity index (χ0v) is 15.6. The second kappa shape index (κ2) is 11.2. The van der Waals surface area contributed by atoms with Crippen molar-refractivity contribution in [2.45, 2.75) is 45.7 Å². The maximum Gasteiger partial charge on any atom is 0.392 e. The van der Waals surface area contributed by atoms with Crippen molar-refractivity contribution < 1.29 is 27.3 Å². The Kier molecular flexibility index (Phi) is 9.64. The van der Waals surface area contributed by atoms with Crippen LogP contribution in [0.4, 0.5) is 13.2 Å². The molecule has 2 unspecified atom stereocenters. The molecule has 0 saturated carbocycles. The molecule has 0 bridgehead atoms. The van der Waals surface area contributed by atoms with Gasteiger partial charge in [-0.3, -0.25) is 9.78 Å². The van der Waals surface area contributed by atoms with Crippen LogP contribution in [0.25, 0.3) is 0 Å². The van der Waals surface area contributed by atoms with Crippen LogP contribution in [-0.4, -0.2) is 39.8 Å². The molecule has 1 heterocycles. The third-order valence-electron chi connectivity index (χ3n) is 3.47. The van der Waals surface area contributed by atoms with E-state index in [2.05, 4.69) is 14.1 Å².